The van der Waals surface area contributed by atoms with Crippen molar-refractivity contribution < 1.29 is 19.2 Å². The van der Waals surface area contributed by atoms with Crippen molar-refractivity contribution in [3.63, 3.8) is 0 Å². The van der Waals surface area contributed by atoms with Crippen LogP contribution in [0.2, 0.25) is 0 Å². The van der Waals surface area contributed by atoms with Crippen LogP contribution in [-0.2, 0) is 9.59 Å². The second-order valence-corrected chi connectivity index (χ2v) is 3.59. The summed E-state index contributed by atoms with van der Waals surface area (Å²) in [5, 5.41) is 2.37. The third-order valence-corrected chi connectivity index (χ3v) is 2.53. The van der Waals surface area contributed by atoms with Crippen molar-refractivity contribution >= 4 is 35.6 Å². The maximum atomic E-state index is 11.7. The molecule has 0 radical (unpaired) electrons. The Morgan fingerprint density at radius 3 is 2.61 bits per heavy atom. The van der Waals surface area contributed by atoms with E-state index in [0.29, 0.717) is 12.0 Å². The van der Waals surface area contributed by atoms with E-state index in [1.54, 1.807) is 0 Å². The van der Waals surface area contributed by atoms with Crippen molar-refractivity contribution in [2.75, 3.05) is 5.32 Å². The molecule has 0 bridgehead atoms. The number of ketones is 1. The van der Waals surface area contributed by atoms with Gasteiger partial charge in [0.1, 0.15) is 6.29 Å². The zero-order valence-electron chi connectivity index (χ0n) is 9.10. The first kappa shape index (κ1) is 11.7. The largest absolute Gasteiger partial charge is 0.366 e. The summed E-state index contributed by atoms with van der Waals surface area (Å²) in [7, 11) is 0. The zero-order valence-corrected chi connectivity index (χ0v) is 9.10. The summed E-state index contributed by atoms with van der Waals surface area (Å²) >= 11 is 0. The van der Waals surface area contributed by atoms with Crippen LogP contribution in [0.4, 0.5) is 5.69 Å². The van der Waals surface area contributed by atoms with Crippen molar-refractivity contribution in [1.82, 2.24) is 0 Å². The van der Waals surface area contributed by atoms with E-state index < -0.39 is 17.6 Å². The second-order valence-electron chi connectivity index (χ2n) is 3.59. The van der Waals surface area contributed by atoms with Crippen LogP contribution in [0, 0.1) is 0 Å². The molecule has 0 aliphatic carbocycles. The van der Waals surface area contributed by atoms with Crippen molar-refractivity contribution in [3.8, 4) is 0 Å². The Morgan fingerprint density at radius 2 is 2.00 bits per heavy atom. The zero-order chi connectivity index (χ0) is 13.3. The Morgan fingerprint density at radius 1 is 1.28 bits per heavy atom. The average molecular weight is 244 g/mol. The summed E-state index contributed by atoms with van der Waals surface area (Å²) in [6.45, 7) is 0. The summed E-state index contributed by atoms with van der Waals surface area (Å²) in [6.07, 6.45) is 2.90. The Hall–Kier alpha value is -2.76. The van der Waals surface area contributed by atoms with E-state index in [9.17, 15) is 19.2 Å². The molecule has 1 aromatic rings. The Labute approximate surface area is 101 Å². The number of primary amides is 1. The lowest BCUT2D eigenvalue weighted by Crippen LogP contribution is -2.15. The maximum absolute atomic E-state index is 11.7. The summed E-state index contributed by atoms with van der Waals surface area (Å²) in [4.78, 5) is 44.5. The standard InChI is InChI=1S/C12H8N2O4/c13-11(17)7-3-4-8-9(6(7)2-1-5-15)10(16)12(18)14-8/h1-5H,(H2,13,17)(H,14,16,18)/b2-1+. The molecule has 1 aliphatic heterocycles. The number of hydrogen-bond donors (Lipinski definition) is 2. The lowest BCUT2D eigenvalue weighted by atomic mass is 9.97. The molecule has 90 valence electrons. The van der Waals surface area contributed by atoms with Crippen LogP contribution >= 0.6 is 0 Å². The van der Waals surface area contributed by atoms with E-state index in [2.05, 4.69) is 5.32 Å². The minimum Gasteiger partial charge on any atom is -0.366 e. The van der Waals surface area contributed by atoms with Gasteiger partial charge in [-0.1, -0.05) is 6.08 Å². The fraction of sp³-hybridized carbons (Fsp3) is 0. The number of benzene rings is 1. The number of amides is 2. The third-order valence-electron chi connectivity index (χ3n) is 2.53. The number of anilines is 1. The molecule has 0 spiro atoms. The van der Waals surface area contributed by atoms with Crippen LogP contribution in [-0.4, -0.2) is 23.9 Å². The first-order valence-corrected chi connectivity index (χ1v) is 5.00. The monoisotopic (exact) mass is 244 g/mol. The molecule has 0 atom stereocenters. The molecule has 6 nitrogen and oxygen atoms in total. The van der Waals surface area contributed by atoms with Crippen LogP contribution in [0.25, 0.3) is 6.08 Å². The number of rotatable bonds is 3. The summed E-state index contributed by atoms with van der Waals surface area (Å²) < 4.78 is 0. The van der Waals surface area contributed by atoms with Crippen LogP contribution in [0.15, 0.2) is 18.2 Å². The number of fused-ring (bicyclic) bond motifs is 1. The summed E-state index contributed by atoms with van der Waals surface area (Å²) in [6, 6.07) is 2.82. The Balaban J connectivity index is 2.73. The number of Topliss-reactive ketones (excluding diaryl/α,β-unsaturated/α-hetero) is 1. The Bertz CT molecular complexity index is 617. The maximum Gasteiger partial charge on any atom is 0.296 e. The highest BCUT2D eigenvalue weighted by Crippen LogP contribution is 2.29. The van der Waals surface area contributed by atoms with Gasteiger partial charge in [-0.15, -0.1) is 0 Å². The van der Waals surface area contributed by atoms with Crippen LogP contribution in [0.1, 0.15) is 26.3 Å². The van der Waals surface area contributed by atoms with Gasteiger partial charge in [-0.05, 0) is 18.2 Å². The predicted molar refractivity (Wildman–Crippen MR) is 63.0 cm³/mol. The minimum atomic E-state index is -0.771. The highest BCUT2D eigenvalue weighted by Gasteiger charge is 2.31. The van der Waals surface area contributed by atoms with Gasteiger partial charge < -0.3 is 11.1 Å². The van der Waals surface area contributed by atoms with E-state index in [0.717, 1.165) is 6.08 Å². The quantitative estimate of drug-likeness (QED) is 0.447. The molecule has 0 saturated carbocycles. The number of nitrogens with two attached hydrogens (primary N) is 1. The van der Waals surface area contributed by atoms with Crippen LogP contribution in [0.5, 0.6) is 0 Å². The molecule has 6 heteroatoms. The van der Waals surface area contributed by atoms with Crippen LogP contribution < -0.4 is 11.1 Å². The molecule has 2 amide bonds. The predicted octanol–water partition coefficient (Wildman–Crippen LogP) is 0.132. The van der Waals surface area contributed by atoms with Crippen molar-refractivity contribution in [2.24, 2.45) is 5.73 Å². The van der Waals surface area contributed by atoms with E-state index in [-0.39, 0.29) is 16.7 Å². The minimum absolute atomic E-state index is 0.0643. The van der Waals surface area contributed by atoms with Gasteiger partial charge in [0.25, 0.3) is 11.7 Å². The number of carbonyl (C=O) groups is 4. The van der Waals surface area contributed by atoms with Gasteiger partial charge in [0, 0.05) is 11.1 Å². The number of carbonyl (C=O) groups excluding carboxylic acids is 4. The summed E-state index contributed by atoms with van der Waals surface area (Å²) in [5.74, 6) is -2.26. The molecule has 1 aromatic carbocycles. The van der Waals surface area contributed by atoms with Gasteiger partial charge in [-0.2, -0.15) is 0 Å². The van der Waals surface area contributed by atoms with E-state index in [1.165, 1.54) is 18.2 Å². The van der Waals surface area contributed by atoms with Crippen LogP contribution in [0.3, 0.4) is 0 Å². The van der Waals surface area contributed by atoms with Crippen molar-refractivity contribution in [1.29, 1.82) is 0 Å². The van der Waals surface area contributed by atoms with E-state index >= 15 is 0 Å². The van der Waals surface area contributed by atoms with Gasteiger partial charge in [0.2, 0.25) is 5.91 Å². The number of hydrogen-bond acceptors (Lipinski definition) is 4. The highest BCUT2D eigenvalue weighted by atomic mass is 16.2. The molecule has 1 aliphatic rings. The lowest BCUT2D eigenvalue weighted by Gasteiger charge is -2.06. The second kappa shape index (κ2) is 4.25. The van der Waals surface area contributed by atoms with Gasteiger partial charge in [-0.25, -0.2) is 0 Å². The number of nitrogens with one attached hydrogen (secondary N) is 1. The van der Waals surface area contributed by atoms with Gasteiger partial charge in [0.15, 0.2) is 0 Å². The molecule has 18 heavy (non-hydrogen) atoms. The molecule has 2 rings (SSSR count). The normalized spacial score (nSPS) is 13.6. The lowest BCUT2D eigenvalue weighted by molar-refractivity contribution is -0.112. The topological polar surface area (TPSA) is 106 Å². The van der Waals surface area contributed by atoms with Gasteiger partial charge in [0.05, 0.1) is 11.3 Å². The number of aldehydes is 1. The van der Waals surface area contributed by atoms with Crippen molar-refractivity contribution in [2.45, 2.75) is 0 Å². The molecular formula is C12H8N2O4. The fourth-order valence-electron chi connectivity index (χ4n) is 1.78. The van der Waals surface area contributed by atoms with E-state index in [4.69, 9.17) is 5.73 Å². The molecule has 0 fully saturated rings. The SMILES string of the molecule is NC(=O)c1ccc2c(c1/C=C/C=O)C(=O)C(=O)N2. The third kappa shape index (κ3) is 1.69. The van der Waals surface area contributed by atoms with Gasteiger partial charge in [-0.3, -0.25) is 19.2 Å². The fourth-order valence-corrected chi connectivity index (χ4v) is 1.78. The molecule has 3 N–H and O–H groups in total. The smallest absolute Gasteiger partial charge is 0.296 e. The molecule has 0 aromatic heterocycles. The van der Waals surface area contributed by atoms with E-state index in [1.807, 2.05) is 0 Å². The first-order valence-electron chi connectivity index (χ1n) is 5.00. The molecule has 0 saturated heterocycles. The Kier molecular flexibility index (Phi) is 2.77. The molecule has 1 heterocycles. The molecule has 0 unspecified atom stereocenters. The van der Waals surface area contributed by atoms with Crippen molar-refractivity contribution in [3.05, 3.63) is 34.9 Å². The first-order chi connectivity index (χ1) is 8.56. The number of allylic oxidation sites excluding steroid dienone is 1. The molecular weight excluding hydrogens is 236 g/mol. The highest BCUT2D eigenvalue weighted by molar-refractivity contribution is 6.52. The van der Waals surface area contributed by atoms with Gasteiger partial charge >= 0.3 is 0 Å². The summed E-state index contributed by atoms with van der Waals surface area (Å²) in [5.41, 5.74) is 5.81. The average Bonchev–Trinajstić information content (AvgIpc) is 2.62.